The third-order valence-corrected chi connectivity index (χ3v) is 5.97. The van der Waals surface area contributed by atoms with E-state index >= 15 is 0 Å². The minimum atomic E-state index is -0.159. The van der Waals surface area contributed by atoms with Crippen molar-refractivity contribution < 1.29 is 4.79 Å². The van der Waals surface area contributed by atoms with Gasteiger partial charge in [0.25, 0.3) is 0 Å². The lowest BCUT2D eigenvalue weighted by atomic mass is 9.66. The molecule has 0 N–H and O–H groups in total. The molecule has 2 aliphatic carbocycles. The van der Waals surface area contributed by atoms with Crippen LogP contribution in [0.15, 0.2) is 0 Å². The Balaban J connectivity index is 2.15. The van der Waals surface area contributed by atoms with Crippen molar-refractivity contribution in [3.8, 4) is 0 Å². The van der Waals surface area contributed by atoms with Crippen molar-refractivity contribution in [3.05, 3.63) is 0 Å². The van der Waals surface area contributed by atoms with E-state index < -0.39 is 0 Å². The Hall–Kier alpha value is -0.370. The molecule has 2 atom stereocenters. The summed E-state index contributed by atoms with van der Waals surface area (Å²) < 4.78 is 0. The highest BCUT2D eigenvalue weighted by molar-refractivity contribution is 5.90. The highest BCUT2D eigenvalue weighted by Gasteiger charge is 2.46. The number of hydrogen-bond donors (Lipinski definition) is 0. The molecule has 2 unspecified atom stereocenters. The SMILES string of the molecule is CC1CCC(C(=O)C2CC(C)CC(C)C2)(N(C)C)CC1. The smallest absolute Gasteiger partial charge is 0.156 e. The monoisotopic (exact) mass is 279 g/mol. The molecule has 0 spiro atoms. The van der Waals surface area contributed by atoms with Crippen LogP contribution >= 0.6 is 0 Å². The molecule has 0 bridgehead atoms. The first-order chi connectivity index (χ1) is 9.35. The molecule has 0 saturated heterocycles. The maximum absolute atomic E-state index is 13.3. The van der Waals surface area contributed by atoms with Crippen LogP contribution in [0.2, 0.25) is 0 Å². The van der Waals surface area contributed by atoms with Crippen LogP contribution in [0.1, 0.15) is 65.7 Å². The average molecular weight is 279 g/mol. The third-order valence-electron chi connectivity index (χ3n) is 5.97. The maximum Gasteiger partial charge on any atom is 0.156 e. The molecule has 2 nitrogen and oxygen atoms in total. The van der Waals surface area contributed by atoms with Crippen molar-refractivity contribution in [1.82, 2.24) is 4.90 Å². The van der Waals surface area contributed by atoms with Gasteiger partial charge >= 0.3 is 0 Å². The van der Waals surface area contributed by atoms with Gasteiger partial charge in [-0.15, -0.1) is 0 Å². The lowest BCUT2D eigenvalue weighted by Gasteiger charge is -2.46. The molecule has 0 aromatic carbocycles. The van der Waals surface area contributed by atoms with Crippen LogP contribution in [-0.4, -0.2) is 30.3 Å². The van der Waals surface area contributed by atoms with E-state index in [1.54, 1.807) is 0 Å². The molecule has 0 aliphatic heterocycles. The second kappa shape index (κ2) is 6.17. The van der Waals surface area contributed by atoms with Crippen molar-refractivity contribution in [3.63, 3.8) is 0 Å². The number of nitrogens with zero attached hydrogens (tertiary/aromatic N) is 1. The molecule has 0 aromatic rings. The third kappa shape index (κ3) is 3.10. The average Bonchev–Trinajstić information content (AvgIpc) is 2.37. The molecule has 2 rings (SSSR count). The van der Waals surface area contributed by atoms with Gasteiger partial charge in [-0.25, -0.2) is 0 Å². The fourth-order valence-electron chi connectivity index (χ4n) is 4.69. The van der Waals surface area contributed by atoms with Gasteiger partial charge in [-0.2, -0.15) is 0 Å². The fourth-order valence-corrected chi connectivity index (χ4v) is 4.69. The zero-order valence-corrected chi connectivity index (χ0v) is 14.1. The number of ketones is 1. The van der Waals surface area contributed by atoms with E-state index in [2.05, 4.69) is 39.8 Å². The summed E-state index contributed by atoms with van der Waals surface area (Å²) in [6.07, 6.45) is 8.10. The molecular formula is C18H33NO. The largest absolute Gasteiger partial charge is 0.297 e. The number of carbonyl (C=O) groups is 1. The van der Waals surface area contributed by atoms with Crippen molar-refractivity contribution in [1.29, 1.82) is 0 Å². The molecule has 20 heavy (non-hydrogen) atoms. The van der Waals surface area contributed by atoms with Crippen molar-refractivity contribution in [2.24, 2.45) is 23.7 Å². The molecule has 0 amide bonds. The first-order valence-corrected chi connectivity index (χ1v) is 8.57. The summed E-state index contributed by atoms with van der Waals surface area (Å²) in [5, 5.41) is 0. The maximum atomic E-state index is 13.3. The van der Waals surface area contributed by atoms with Crippen molar-refractivity contribution in [2.75, 3.05) is 14.1 Å². The van der Waals surface area contributed by atoms with E-state index in [1.165, 1.54) is 19.3 Å². The van der Waals surface area contributed by atoms with Gasteiger partial charge < -0.3 is 0 Å². The van der Waals surface area contributed by atoms with Gasteiger partial charge in [0.1, 0.15) is 0 Å². The molecule has 2 heteroatoms. The second-order valence-corrected chi connectivity index (χ2v) is 8.09. The van der Waals surface area contributed by atoms with Crippen LogP contribution in [0.4, 0.5) is 0 Å². The van der Waals surface area contributed by atoms with Gasteiger partial charge in [-0.1, -0.05) is 20.8 Å². The van der Waals surface area contributed by atoms with E-state index in [-0.39, 0.29) is 5.54 Å². The quantitative estimate of drug-likeness (QED) is 0.774. The minimum absolute atomic E-state index is 0.159. The summed E-state index contributed by atoms with van der Waals surface area (Å²) in [5.41, 5.74) is -0.159. The van der Waals surface area contributed by atoms with Gasteiger partial charge in [-0.05, 0) is 76.8 Å². The summed E-state index contributed by atoms with van der Waals surface area (Å²) in [7, 11) is 4.23. The van der Waals surface area contributed by atoms with Crippen molar-refractivity contribution in [2.45, 2.75) is 71.3 Å². The predicted octanol–water partition coefficient (Wildman–Crippen LogP) is 4.14. The van der Waals surface area contributed by atoms with E-state index in [1.807, 2.05) is 0 Å². The lowest BCUT2D eigenvalue weighted by Crippen LogP contribution is -2.56. The van der Waals surface area contributed by atoms with Crippen LogP contribution < -0.4 is 0 Å². The molecule has 116 valence electrons. The van der Waals surface area contributed by atoms with Gasteiger partial charge in [0, 0.05) is 5.92 Å². The van der Waals surface area contributed by atoms with Crippen LogP contribution in [0.5, 0.6) is 0 Å². The van der Waals surface area contributed by atoms with Gasteiger partial charge in [0.05, 0.1) is 5.54 Å². The Kier molecular flexibility index (Phi) is 4.94. The molecule has 2 fully saturated rings. The summed E-state index contributed by atoms with van der Waals surface area (Å²) >= 11 is 0. The number of hydrogen-bond acceptors (Lipinski definition) is 2. The standard InChI is InChI=1S/C18H33NO/c1-13-6-8-18(9-7-13,19(4)5)17(20)16-11-14(2)10-15(3)12-16/h13-16H,6-12H2,1-5H3. The first-order valence-electron chi connectivity index (χ1n) is 8.57. The first kappa shape index (κ1) is 16.0. The van der Waals surface area contributed by atoms with E-state index in [4.69, 9.17) is 0 Å². The lowest BCUT2D eigenvalue weighted by molar-refractivity contribution is -0.138. The summed E-state index contributed by atoms with van der Waals surface area (Å²) in [4.78, 5) is 15.5. The summed E-state index contributed by atoms with van der Waals surface area (Å²) in [6, 6.07) is 0. The molecular weight excluding hydrogens is 246 g/mol. The number of Topliss-reactive ketones (excluding diaryl/α,β-unsaturated/α-hetero) is 1. The molecule has 0 heterocycles. The van der Waals surface area contributed by atoms with Crippen LogP contribution in [0, 0.1) is 23.7 Å². The normalized spacial score (nSPS) is 42.7. The van der Waals surface area contributed by atoms with Crippen LogP contribution in [0.3, 0.4) is 0 Å². The Labute approximate surface area is 125 Å². The number of likely N-dealkylation sites (N-methyl/N-ethyl adjacent to an activating group) is 1. The molecule has 2 aliphatic rings. The Morgan fingerprint density at radius 2 is 1.40 bits per heavy atom. The Morgan fingerprint density at radius 3 is 1.85 bits per heavy atom. The molecule has 0 aromatic heterocycles. The molecule has 0 radical (unpaired) electrons. The van der Waals surface area contributed by atoms with E-state index in [0.29, 0.717) is 11.7 Å². The Bertz CT molecular complexity index is 331. The van der Waals surface area contributed by atoms with E-state index in [9.17, 15) is 4.79 Å². The van der Waals surface area contributed by atoms with Crippen LogP contribution in [-0.2, 0) is 4.79 Å². The highest BCUT2D eigenvalue weighted by Crippen LogP contribution is 2.42. The Morgan fingerprint density at radius 1 is 0.900 bits per heavy atom. The molecule has 2 saturated carbocycles. The zero-order valence-electron chi connectivity index (χ0n) is 14.1. The summed E-state index contributed by atoms with van der Waals surface area (Å²) in [6.45, 7) is 6.97. The highest BCUT2D eigenvalue weighted by atomic mass is 16.1. The zero-order chi connectivity index (χ0) is 14.9. The topological polar surface area (TPSA) is 20.3 Å². The van der Waals surface area contributed by atoms with E-state index in [0.717, 1.165) is 43.4 Å². The predicted molar refractivity (Wildman–Crippen MR) is 84.7 cm³/mol. The number of rotatable bonds is 3. The van der Waals surface area contributed by atoms with Gasteiger partial charge in [-0.3, -0.25) is 9.69 Å². The fraction of sp³-hybridized carbons (Fsp3) is 0.944. The summed E-state index contributed by atoms with van der Waals surface area (Å²) in [5.74, 6) is 3.10. The van der Waals surface area contributed by atoms with Crippen molar-refractivity contribution >= 4 is 5.78 Å². The number of carbonyl (C=O) groups excluding carboxylic acids is 1. The van der Waals surface area contributed by atoms with Gasteiger partial charge in [0.2, 0.25) is 0 Å². The minimum Gasteiger partial charge on any atom is -0.297 e. The van der Waals surface area contributed by atoms with Gasteiger partial charge in [0.15, 0.2) is 5.78 Å². The second-order valence-electron chi connectivity index (χ2n) is 8.09. The van der Waals surface area contributed by atoms with Crippen LogP contribution in [0.25, 0.3) is 0 Å².